The quantitative estimate of drug-likeness (QED) is 0.390. The number of rotatable bonds is 6. The van der Waals surface area contributed by atoms with Crippen molar-refractivity contribution in [2.24, 2.45) is 5.92 Å². The maximum atomic E-state index is 13.3. The molecular weight excluding hydrogens is 476 g/mol. The highest BCUT2D eigenvalue weighted by Gasteiger charge is 2.38. The zero-order chi connectivity index (χ0) is 27.8. The van der Waals surface area contributed by atoms with Gasteiger partial charge >= 0.3 is 5.97 Å². The van der Waals surface area contributed by atoms with Crippen LogP contribution in [0, 0.1) is 12.8 Å². The number of fused-ring (bicyclic) bond motifs is 1. The summed E-state index contributed by atoms with van der Waals surface area (Å²) in [5.74, 6) is -0.794. The van der Waals surface area contributed by atoms with Gasteiger partial charge in [-0.2, -0.15) is 0 Å². The highest BCUT2D eigenvalue weighted by Crippen LogP contribution is 2.33. The predicted octanol–water partition coefficient (Wildman–Crippen LogP) is 6.37. The van der Waals surface area contributed by atoms with Crippen LogP contribution in [0.3, 0.4) is 0 Å². The molecule has 0 bridgehead atoms. The maximum Gasteiger partial charge on any atom is 0.328 e. The molecule has 198 valence electrons. The van der Waals surface area contributed by atoms with Gasteiger partial charge in [-0.15, -0.1) is 0 Å². The van der Waals surface area contributed by atoms with Crippen molar-refractivity contribution in [2.45, 2.75) is 59.5 Å². The van der Waals surface area contributed by atoms with Gasteiger partial charge < -0.3 is 15.0 Å². The summed E-state index contributed by atoms with van der Waals surface area (Å²) in [6, 6.07) is 18.7. The number of ether oxygens (including phenoxy) is 1. The molecule has 1 unspecified atom stereocenters. The second kappa shape index (κ2) is 10.4. The summed E-state index contributed by atoms with van der Waals surface area (Å²) in [7, 11) is 1.35. The Morgan fingerprint density at radius 2 is 1.63 bits per heavy atom. The SMILES string of the molecule is COC(=O)C(C(C)C)N1Cc2ccc(-c3ccc(NC(=O)c4ccc(C(C)(C)C)cc4)cc3C)cc2C1=O. The number of aryl methyl sites for hydroxylation is 1. The lowest BCUT2D eigenvalue weighted by atomic mass is 9.86. The number of nitrogens with one attached hydrogen (secondary N) is 1. The zero-order valence-corrected chi connectivity index (χ0v) is 23.2. The predicted molar refractivity (Wildman–Crippen MR) is 150 cm³/mol. The van der Waals surface area contributed by atoms with Crippen molar-refractivity contribution < 1.29 is 19.1 Å². The Balaban J connectivity index is 1.53. The highest BCUT2D eigenvalue weighted by atomic mass is 16.5. The summed E-state index contributed by atoms with van der Waals surface area (Å²) in [5.41, 5.74) is 6.87. The molecule has 4 rings (SSSR count). The number of hydrogen-bond acceptors (Lipinski definition) is 4. The lowest BCUT2D eigenvalue weighted by Gasteiger charge is -2.28. The lowest BCUT2D eigenvalue weighted by Crippen LogP contribution is -2.45. The molecule has 38 heavy (non-hydrogen) atoms. The third-order valence-electron chi connectivity index (χ3n) is 7.16. The second-order valence-electron chi connectivity index (χ2n) is 11.3. The first kappa shape index (κ1) is 27.1. The van der Waals surface area contributed by atoms with Gasteiger partial charge in [-0.05, 0) is 76.4 Å². The van der Waals surface area contributed by atoms with Crippen LogP contribution in [-0.2, 0) is 21.5 Å². The molecule has 3 aromatic carbocycles. The van der Waals surface area contributed by atoms with Gasteiger partial charge in [0.1, 0.15) is 6.04 Å². The van der Waals surface area contributed by atoms with Gasteiger partial charge in [-0.25, -0.2) is 4.79 Å². The lowest BCUT2D eigenvalue weighted by molar-refractivity contribution is -0.147. The van der Waals surface area contributed by atoms with E-state index in [1.165, 1.54) is 12.7 Å². The summed E-state index contributed by atoms with van der Waals surface area (Å²) in [6.45, 7) is 12.6. The fraction of sp³-hybridized carbons (Fsp3) is 0.344. The Labute approximate surface area is 225 Å². The van der Waals surface area contributed by atoms with E-state index in [2.05, 4.69) is 26.1 Å². The molecule has 1 aliphatic rings. The average Bonchev–Trinajstić information content (AvgIpc) is 3.18. The van der Waals surface area contributed by atoms with Crippen LogP contribution in [0.2, 0.25) is 0 Å². The Hall–Kier alpha value is -3.93. The van der Waals surface area contributed by atoms with Crippen molar-refractivity contribution in [3.8, 4) is 11.1 Å². The molecular formula is C32H36N2O4. The Bertz CT molecular complexity index is 1380. The number of anilines is 1. The third kappa shape index (κ3) is 5.35. The maximum absolute atomic E-state index is 13.3. The van der Waals surface area contributed by atoms with Crippen LogP contribution >= 0.6 is 0 Å². The van der Waals surface area contributed by atoms with Gasteiger partial charge in [-0.1, -0.05) is 65.0 Å². The number of methoxy groups -OCH3 is 1. The number of nitrogens with zero attached hydrogens (tertiary/aromatic N) is 1. The number of carbonyl (C=O) groups excluding carboxylic acids is 3. The van der Waals surface area contributed by atoms with Crippen LogP contribution in [0.4, 0.5) is 5.69 Å². The number of esters is 1. The van der Waals surface area contributed by atoms with Gasteiger partial charge in [0.05, 0.1) is 7.11 Å². The molecule has 0 aliphatic carbocycles. The summed E-state index contributed by atoms with van der Waals surface area (Å²) in [6.07, 6.45) is 0. The Morgan fingerprint density at radius 3 is 2.21 bits per heavy atom. The van der Waals surface area contributed by atoms with Crippen molar-refractivity contribution in [3.63, 3.8) is 0 Å². The fourth-order valence-corrected chi connectivity index (χ4v) is 4.99. The first-order valence-electron chi connectivity index (χ1n) is 13.0. The third-order valence-corrected chi connectivity index (χ3v) is 7.16. The molecule has 0 fully saturated rings. The molecule has 0 saturated heterocycles. The summed E-state index contributed by atoms with van der Waals surface area (Å²) < 4.78 is 4.96. The Kier molecular flexibility index (Phi) is 7.45. The molecule has 6 nitrogen and oxygen atoms in total. The van der Waals surface area contributed by atoms with E-state index in [4.69, 9.17) is 4.74 Å². The van der Waals surface area contributed by atoms with Crippen molar-refractivity contribution >= 4 is 23.5 Å². The van der Waals surface area contributed by atoms with E-state index in [0.29, 0.717) is 23.4 Å². The molecule has 2 amide bonds. The molecule has 0 aromatic heterocycles. The molecule has 0 spiro atoms. The van der Waals surface area contributed by atoms with Crippen molar-refractivity contribution in [1.82, 2.24) is 4.90 Å². The normalized spacial score (nSPS) is 13.9. The van der Waals surface area contributed by atoms with Gasteiger partial charge in [0.2, 0.25) is 0 Å². The molecule has 1 atom stereocenters. The molecule has 6 heteroatoms. The minimum absolute atomic E-state index is 0.0277. The van der Waals surface area contributed by atoms with Crippen LogP contribution in [0.25, 0.3) is 11.1 Å². The standard InChI is InChI=1S/C32H36N2O4/c1-19(2)28(31(37)38-7)34-18-23-9-8-22(17-27(23)30(34)36)26-15-14-25(16-20(26)3)33-29(35)21-10-12-24(13-11-21)32(4,5)6/h8-17,19,28H,18H2,1-7H3,(H,33,35). The molecule has 0 saturated carbocycles. The summed E-state index contributed by atoms with van der Waals surface area (Å²) >= 11 is 0. The molecule has 1 heterocycles. The monoisotopic (exact) mass is 512 g/mol. The van der Waals surface area contributed by atoms with E-state index in [0.717, 1.165) is 22.3 Å². The first-order valence-corrected chi connectivity index (χ1v) is 13.0. The van der Waals surface area contributed by atoms with E-state index >= 15 is 0 Å². The zero-order valence-electron chi connectivity index (χ0n) is 23.2. The summed E-state index contributed by atoms with van der Waals surface area (Å²) in [4.78, 5) is 40.1. The number of hydrogen-bond donors (Lipinski definition) is 1. The summed E-state index contributed by atoms with van der Waals surface area (Å²) in [5, 5.41) is 2.99. The topological polar surface area (TPSA) is 75.7 Å². The van der Waals surface area contributed by atoms with Crippen LogP contribution in [-0.4, -0.2) is 35.8 Å². The highest BCUT2D eigenvalue weighted by molar-refractivity contribution is 6.04. The van der Waals surface area contributed by atoms with E-state index in [1.807, 2.05) is 81.4 Å². The van der Waals surface area contributed by atoms with Crippen LogP contribution in [0.15, 0.2) is 60.7 Å². The fourth-order valence-electron chi connectivity index (χ4n) is 4.99. The number of benzene rings is 3. The van der Waals surface area contributed by atoms with Crippen LogP contribution in [0.5, 0.6) is 0 Å². The van der Waals surface area contributed by atoms with E-state index in [9.17, 15) is 14.4 Å². The minimum Gasteiger partial charge on any atom is -0.467 e. The van der Waals surface area contributed by atoms with E-state index < -0.39 is 12.0 Å². The van der Waals surface area contributed by atoms with Crippen LogP contribution < -0.4 is 5.32 Å². The van der Waals surface area contributed by atoms with Gasteiger partial charge in [0.15, 0.2) is 0 Å². The van der Waals surface area contributed by atoms with Gasteiger partial charge in [-0.3, -0.25) is 9.59 Å². The first-order chi connectivity index (χ1) is 17.9. The van der Waals surface area contributed by atoms with Crippen molar-refractivity contribution in [2.75, 3.05) is 12.4 Å². The number of carbonyl (C=O) groups is 3. The average molecular weight is 513 g/mol. The molecule has 3 aromatic rings. The molecule has 1 aliphatic heterocycles. The van der Waals surface area contributed by atoms with Crippen molar-refractivity contribution in [3.05, 3.63) is 88.5 Å². The second-order valence-corrected chi connectivity index (χ2v) is 11.3. The van der Waals surface area contributed by atoms with Crippen LogP contribution in [0.1, 0.15) is 72.0 Å². The van der Waals surface area contributed by atoms with E-state index in [1.54, 1.807) is 4.90 Å². The minimum atomic E-state index is -0.627. The molecule has 1 N–H and O–H groups in total. The largest absolute Gasteiger partial charge is 0.467 e. The smallest absolute Gasteiger partial charge is 0.328 e. The van der Waals surface area contributed by atoms with Gasteiger partial charge in [0.25, 0.3) is 11.8 Å². The van der Waals surface area contributed by atoms with Gasteiger partial charge in [0, 0.05) is 23.4 Å². The van der Waals surface area contributed by atoms with E-state index in [-0.39, 0.29) is 23.1 Å². The molecule has 0 radical (unpaired) electrons. The Morgan fingerprint density at radius 1 is 0.947 bits per heavy atom. The van der Waals surface area contributed by atoms with Crippen molar-refractivity contribution in [1.29, 1.82) is 0 Å². The number of amides is 2.